The molecule has 174 valence electrons. The number of hydrogen-bond acceptors (Lipinski definition) is 6. The number of carbonyl (C=O) groups is 1. The Bertz CT molecular complexity index is 1460. The van der Waals surface area contributed by atoms with E-state index >= 15 is 4.39 Å². The summed E-state index contributed by atoms with van der Waals surface area (Å²) in [7, 11) is 0. The smallest absolute Gasteiger partial charge is 0.269 e. The highest BCUT2D eigenvalue weighted by Crippen LogP contribution is 2.49. The fourth-order valence-corrected chi connectivity index (χ4v) is 4.46. The number of imidazole rings is 1. The minimum atomic E-state index is -1.66. The molecule has 2 aromatic heterocycles. The lowest BCUT2D eigenvalue weighted by molar-refractivity contribution is 0.0663. The van der Waals surface area contributed by atoms with Gasteiger partial charge in [-0.05, 0) is 57.4 Å². The lowest BCUT2D eigenvalue weighted by atomic mass is 9.86. The Morgan fingerprint density at radius 1 is 1.26 bits per heavy atom. The summed E-state index contributed by atoms with van der Waals surface area (Å²) in [5.74, 6) is 4.97. The van der Waals surface area contributed by atoms with Gasteiger partial charge in [0.15, 0.2) is 11.3 Å². The number of benzene rings is 1. The van der Waals surface area contributed by atoms with Crippen LogP contribution in [-0.2, 0) is 11.2 Å². The predicted octanol–water partition coefficient (Wildman–Crippen LogP) is 2.91. The average molecular weight is 462 g/mol. The number of nitrogens with two attached hydrogens (primary N) is 1. The first-order valence-electron chi connectivity index (χ1n) is 10.8. The van der Waals surface area contributed by atoms with Crippen molar-refractivity contribution in [1.82, 2.24) is 14.7 Å². The van der Waals surface area contributed by atoms with Gasteiger partial charge in [-0.1, -0.05) is 23.1 Å². The summed E-state index contributed by atoms with van der Waals surface area (Å²) < 4.78 is 21.9. The summed E-state index contributed by atoms with van der Waals surface area (Å²) in [5, 5.41) is 25.3. The molecular weight excluding hydrogens is 439 g/mol. The van der Waals surface area contributed by atoms with Crippen LogP contribution in [0.15, 0.2) is 28.8 Å². The molecule has 4 N–H and O–H groups in total. The maximum Gasteiger partial charge on any atom is 0.269 e. The Hall–Kier alpha value is -3.74. The van der Waals surface area contributed by atoms with Crippen LogP contribution in [-0.4, -0.2) is 30.8 Å². The van der Waals surface area contributed by atoms with E-state index < -0.39 is 22.9 Å². The van der Waals surface area contributed by atoms with Crippen LogP contribution >= 0.6 is 0 Å². The molecule has 0 radical (unpaired) electrons. The summed E-state index contributed by atoms with van der Waals surface area (Å²) >= 11 is 0. The van der Waals surface area contributed by atoms with Gasteiger partial charge in [-0.2, -0.15) is 0 Å². The minimum absolute atomic E-state index is 0.0292. The second kappa shape index (κ2) is 7.13. The largest absolute Gasteiger partial charge is 0.384 e. The van der Waals surface area contributed by atoms with E-state index in [-0.39, 0.29) is 23.0 Å². The van der Waals surface area contributed by atoms with Crippen LogP contribution in [0, 0.1) is 24.6 Å². The number of carbonyl (C=O) groups excluding carboxylic acids is 1. The molecule has 0 spiro atoms. The zero-order valence-corrected chi connectivity index (χ0v) is 19.1. The van der Waals surface area contributed by atoms with Gasteiger partial charge in [0.05, 0.1) is 17.3 Å². The number of amides is 1. The molecule has 34 heavy (non-hydrogen) atoms. The van der Waals surface area contributed by atoms with E-state index in [2.05, 4.69) is 22.0 Å². The van der Waals surface area contributed by atoms with Crippen molar-refractivity contribution in [3.05, 3.63) is 64.1 Å². The van der Waals surface area contributed by atoms with Gasteiger partial charge in [0.25, 0.3) is 5.91 Å². The Kier molecular flexibility index (Phi) is 4.63. The van der Waals surface area contributed by atoms with Crippen molar-refractivity contribution in [2.24, 2.45) is 5.73 Å². The first-order valence-corrected chi connectivity index (χ1v) is 10.8. The normalized spacial score (nSPS) is 17.9. The summed E-state index contributed by atoms with van der Waals surface area (Å²) in [6.45, 7) is 6.26. The topological polar surface area (TPSA) is 127 Å². The van der Waals surface area contributed by atoms with Gasteiger partial charge in [-0.25, -0.2) is 9.37 Å². The Morgan fingerprint density at radius 2 is 1.97 bits per heavy atom. The summed E-state index contributed by atoms with van der Waals surface area (Å²) in [6.07, 6.45) is 2.56. The first-order chi connectivity index (χ1) is 15.9. The van der Waals surface area contributed by atoms with Crippen LogP contribution in [0.2, 0.25) is 0 Å². The fourth-order valence-electron chi connectivity index (χ4n) is 4.46. The molecule has 9 heteroatoms. The van der Waals surface area contributed by atoms with Crippen LogP contribution in [0.3, 0.4) is 0 Å². The molecule has 2 bridgehead atoms. The van der Waals surface area contributed by atoms with Crippen LogP contribution < -0.4 is 5.73 Å². The molecule has 1 amide bonds. The lowest BCUT2D eigenvalue weighted by Crippen LogP contribution is -2.28. The van der Waals surface area contributed by atoms with E-state index in [1.165, 1.54) is 13.0 Å². The third-order valence-corrected chi connectivity index (χ3v) is 6.14. The Morgan fingerprint density at radius 3 is 2.56 bits per heavy atom. The number of allylic oxidation sites excluding steroid dienone is 2. The average Bonchev–Trinajstić information content (AvgIpc) is 3.26. The zero-order valence-electron chi connectivity index (χ0n) is 19.1. The number of halogens is 1. The first kappa shape index (κ1) is 22.1. The highest BCUT2D eigenvalue weighted by Gasteiger charge is 2.40. The third kappa shape index (κ3) is 3.34. The third-order valence-electron chi connectivity index (χ3n) is 6.14. The number of aliphatic hydroxyl groups is 2. The van der Waals surface area contributed by atoms with Crippen molar-refractivity contribution in [1.29, 1.82) is 0 Å². The van der Waals surface area contributed by atoms with Gasteiger partial charge in [0.1, 0.15) is 28.7 Å². The maximum atomic E-state index is 15.1. The van der Waals surface area contributed by atoms with Crippen molar-refractivity contribution < 1.29 is 23.9 Å². The number of primary amides is 1. The van der Waals surface area contributed by atoms with E-state index in [4.69, 9.17) is 10.3 Å². The number of rotatable bonds is 3. The van der Waals surface area contributed by atoms with Crippen molar-refractivity contribution in [2.45, 2.75) is 51.4 Å². The fraction of sp³-hybridized carbons (Fsp3) is 0.320. The van der Waals surface area contributed by atoms with Crippen molar-refractivity contribution in [3.8, 4) is 23.2 Å². The molecule has 2 atom stereocenters. The van der Waals surface area contributed by atoms with Gasteiger partial charge >= 0.3 is 0 Å². The molecule has 1 aromatic carbocycles. The number of nitrogens with zero attached hydrogens (tertiary/aromatic N) is 3. The lowest BCUT2D eigenvalue weighted by Gasteiger charge is -2.30. The van der Waals surface area contributed by atoms with E-state index in [1.54, 1.807) is 37.5 Å². The quantitative estimate of drug-likeness (QED) is 0.514. The minimum Gasteiger partial charge on any atom is -0.384 e. The SMILES string of the molecule is Cc1cc([C@](C)(O)C#Cc2cc3c(cc2F)C2=CC(C2)n2c-3nc(C(N)=O)c2C(C)(C)O)no1. The van der Waals surface area contributed by atoms with Crippen molar-refractivity contribution in [2.75, 3.05) is 0 Å². The molecule has 1 unspecified atom stereocenters. The molecule has 0 fully saturated rings. The van der Waals surface area contributed by atoms with Crippen molar-refractivity contribution in [3.63, 3.8) is 0 Å². The molecule has 0 saturated carbocycles. The molecule has 3 aliphatic rings. The number of hydrogen-bond donors (Lipinski definition) is 3. The van der Waals surface area contributed by atoms with Gasteiger partial charge in [-0.3, -0.25) is 4.79 Å². The van der Waals surface area contributed by atoms with E-state index in [1.807, 2.05) is 6.08 Å². The van der Waals surface area contributed by atoms with Gasteiger partial charge in [0, 0.05) is 11.6 Å². The monoisotopic (exact) mass is 462 g/mol. The highest BCUT2D eigenvalue weighted by atomic mass is 19.1. The summed E-state index contributed by atoms with van der Waals surface area (Å²) in [6, 6.07) is 4.34. The predicted molar refractivity (Wildman–Crippen MR) is 121 cm³/mol. The number of aromatic nitrogens is 3. The van der Waals surface area contributed by atoms with Gasteiger partial charge in [0.2, 0.25) is 0 Å². The maximum absolute atomic E-state index is 15.1. The molecule has 3 aromatic rings. The molecule has 1 aliphatic carbocycles. The molecule has 8 nitrogen and oxygen atoms in total. The van der Waals surface area contributed by atoms with E-state index in [0.29, 0.717) is 34.8 Å². The highest BCUT2D eigenvalue weighted by molar-refractivity contribution is 5.94. The number of aryl methyl sites for hydroxylation is 1. The van der Waals surface area contributed by atoms with E-state index in [0.717, 1.165) is 5.57 Å². The second-order valence-corrected chi connectivity index (χ2v) is 9.41. The molecule has 2 aliphatic heterocycles. The molecule has 4 heterocycles. The standard InChI is InChI=1S/C25H23FN4O4/c1-12-7-19(29-34-12)25(4,33)6-5-13-10-17-16(11-18(13)26)14-8-15(9-14)30-21(24(2,3)32)20(22(27)31)28-23(17)30/h7-8,10-11,15,32-33H,9H2,1-4H3,(H2,27,31)/t15?,25-/m1/s1. The van der Waals surface area contributed by atoms with Crippen LogP contribution in [0.4, 0.5) is 4.39 Å². The second-order valence-electron chi connectivity index (χ2n) is 9.41. The van der Waals surface area contributed by atoms with Gasteiger partial charge < -0.3 is 25.0 Å². The molecular formula is C25H23FN4O4. The zero-order chi connectivity index (χ0) is 24.6. The summed E-state index contributed by atoms with van der Waals surface area (Å²) in [4.78, 5) is 16.6. The molecule has 0 saturated heterocycles. The van der Waals surface area contributed by atoms with Crippen LogP contribution in [0.5, 0.6) is 0 Å². The van der Waals surface area contributed by atoms with Crippen molar-refractivity contribution >= 4 is 11.5 Å². The Balaban J connectivity index is 1.69. The van der Waals surface area contributed by atoms with Crippen LogP contribution in [0.25, 0.3) is 17.0 Å². The summed E-state index contributed by atoms with van der Waals surface area (Å²) in [5.41, 5.74) is 5.22. The molecule has 6 rings (SSSR count). The van der Waals surface area contributed by atoms with Gasteiger partial charge in [-0.15, -0.1) is 0 Å². The van der Waals surface area contributed by atoms with Crippen LogP contribution in [0.1, 0.15) is 72.0 Å². The van der Waals surface area contributed by atoms with E-state index in [9.17, 15) is 15.0 Å². The Labute approximate surface area is 194 Å².